The van der Waals surface area contributed by atoms with Crippen molar-refractivity contribution in [2.45, 2.75) is 28.2 Å². The van der Waals surface area contributed by atoms with E-state index in [1.54, 1.807) is 0 Å². The van der Waals surface area contributed by atoms with Crippen molar-refractivity contribution >= 4 is 11.6 Å². The maximum absolute atomic E-state index is 3.89. The molecule has 0 heteroatoms. The van der Waals surface area contributed by atoms with E-state index in [1.807, 2.05) is 45.0 Å². The highest BCUT2D eigenvalue weighted by molar-refractivity contribution is 5.71. The van der Waals surface area contributed by atoms with E-state index in [-0.39, 0.29) is 7.43 Å². The van der Waals surface area contributed by atoms with E-state index < -0.39 is 0 Å². The SMILES string of the molecule is C.C=Cc1ccccc1C(=C)C.CC. The molecule has 0 saturated heterocycles. The van der Waals surface area contributed by atoms with Crippen LogP contribution in [0.3, 0.4) is 0 Å². The van der Waals surface area contributed by atoms with E-state index in [9.17, 15) is 0 Å². The Kier molecular flexibility index (Phi) is 9.01. The van der Waals surface area contributed by atoms with E-state index >= 15 is 0 Å². The Morgan fingerprint density at radius 3 is 2.07 bits per heavy atom. The van der Waals surface area contributed by atoms with Crippen LogP contribution in [0.5, 0.6) is 0 Å². The van der Waals surface area contributed by atoms with Crippen LogP contribution in [-0.2, 0) is 0 Å². The first-order valence-corrected chi connectivity index (χ1v) is 4.63. The maximum Gasteiger partial charge on any atom is -0.0161 e. The second-order valence-corrected chi connectivity index (χ2v) is 2.57. The second-order valence-electron chi connectivity index (χ2n) is 2.57. The van der Waals surface area contributed by atoms with Crippen LogP contribution >= 0.6 is 0 Å². The van der Waals surface area contributed by atoms with Gasteiger partial charge in [0.05, 0.1) is 0 Å². The molecule has 14 heavy (non-hydrogen) atoms. The number of allylic oxidation sites excluding steroid dienone is 1. The van der Waals surface area contributed by atoms with Gasteiger partial charge in [-0.3, -0.25) is 0 Å². The van der Waals surface area contributed by atoms with E-state index in [1.165, 1.54) is 5.56 Å². The molecule has 0 N–H and O–H groups in total. The fourth-order valence-electron chi connectivity index (χ4n) is 1.06. The van der Waals surface area contributed by atoms with E-state index in [4.69, 9.17) is 0 Å². The van der Waals surface area contributed by atoms with Crippen LogP contribution in [0.4, 0.5) is 0 Å². The van der Waals surface area contributed by atoms with Crippen LogP contribution in [0.2, 0.25) is 0 Å². The summed E-state index contributed by atoms with van der Waals surface area (Å²) < 4.78 is 0. The third kappa shape index (κ3) is 4.08. The molecule has 0 aliphatic carbocycles. The van der Waals surface area contributed by atoms with Gasteiger partial charge in [0.2, 0.25) is 0 Å². The monoisotopic (exact) mass is 190 g/mol. The lowest BCUT2D eigenvalue weighted by Crippen LogP contribution is -1.82. The van der Waals surface area contributed by atoms with Gasteiger partial charge >= 0.3 is 0 Å². The first kappa shape index (κ1) is 15.2. The molecule has 0 saturated carbocycles. The molecule has 0 radical (unpaired) electrons. The normalized spacial score (nSPS) is 7.64. The van der Waals surface area contributed by atoms with Crippen LogP contribution in [-0.4, -0.2) is 0 Å². The van der Waals surface area contributed by atoms with Crippen molar-refractivity contribution in [3.8, 4) is 0 Å². The fourth-order valence-corrected chi connectivity index (χ4v) is 1.06. The molecule has 0 aromatic heterocycles. The molecule has 0 spiro atoms. The van der Waals surface area contributed by atoms with Crippen molar-refractivity contribution < 1.29 is 0 Å². The average molecular weight is 190 g/mol. The van der Waals surface area contributed by atoms with Crippen molar-refractivity contribution in [1.29, 1.82) is 0 Å². The zero-order valence-electron chi connectivity index (χ0n) is 8.80. The molecule has 0 fully saturated rings. The van der Waals surface area contributed by atoms with E-state index in [0.29, 0.717) is 0 Å². The first-order chi connectivity index (χ1) is 6.25. The summed E-state index contributed by atoms with van der Waals surface area (Å²) in [6.45, 7) is 13.6. The first-order valence-electron chi connectivity index (χ1n) is 4.63. The summed E-state index contributed by atoms with van der Waals surface area (Å²) in [6, 6.07) is 8.11. The summed E-state index contributed by atoms with van der Waals surface area (Å²) in [4.78, 5) is 0. The van der Waals surface area contributed by atoms with Gasteiger partial charge in [0, 0.05) is 0 Å². The molecule has 0 amide bonds. The quantitative estimate of drug-likeness (QED) is 0.614. The predicted molar refractivity (Wildman–Crippen MR) is 69.3 cm³/mol. The third-order valence-electron chi connectivity index (χ3n) is 1.64. The van der Waals surface area contributed by atoms with Crippen molar-refractivity contribution in [2.75, 3.05) is 0 Å². The maximum atomic E-state index is 3.89. The lowest BCUT2D eigenvalue weighted by atomic mass is 10.0. The van der Waals surface area contributed by atoms with Crippen LogP contribution in [0.25, 0.3) is 11.6 Å². The van der Waals surface area contributed by atoms with Gasteiger partial charge in [-0.15, -0.1) is 0 Å². The summed E-state index contributed by atoms with van der Waals surface area (Å²) in [5, 5.41) is 0. The molecule has 0 bridgehead atoms. The predicted octanol–water partition coefficient (Wildman–Crippen LogP) is 5.03. The van der Waals surface area contributed by atoms with Crippen molar-refractivity contribution in [3.63, 3.8) is 0 Å². The highest BCUT2D eigenvalue weighted by Gasteiger charge is 1.96. The van der Waals surface area contributed by atoms with Gasteiger partial charge in [0.25, 0.3) is 0 Å². The zero-order chi connectivity index (χ0) is 10.3. The van der Waals surface area contributed by atoms with E-state index in [2.05, 4.69) is 19.2 Å². The van der Waals surface area contributed by atoms with Gasteiger partial charge in [-0.2, -0.15) is 0 Å². The molecule has 0 aliphatic heterocycles. The van der Waals surface area contributed by atoms with Gasteiger partial charge in [-0.1, -0.05) is 70.3 Å². The largest absolute Gasteiger partial charge is 0.0984 e. The molecule has 0 nitrogen and oxygen atoms in total. The van der Waals surface area contributed by atoms with Gasteiger partial charge in [-0.05, 0) is 18.1 Å². The minimum Gasteiger partial charge on any atom is -0.0984 e. The Morgan fingerprint density at radius 1 is 1.21 bits per heavy atom. The topological polar surface area (TPSA) is 0 Å². The highest BCUT2D eigenvalue weighted by atomic mass is 14.0. The molecular formula is C14H22. The molecular weight excluding hydrogens is 168 g/mol. The lowest BCUT2D eigenvalue weighted by Gasteiger charge is -2.02. The number of hydrogen-bond acceptors (Lipinski definition) is 0. The molecule has 0 atom stereocenters. The summed E-state index contributed by atoms with van der Waals surface area (Å²) in [5.41, 5.74) is 3.42. The van der Waals surface area contributed by atoms with Crippen LogP contribution < -0.4 is 0 Å². The minimum absolute atomic E-state index is 0. The second kappa shape index (κ2) is 8.31. The Balaban J connectivity index is 0. The van der Waals surface area contributed by atoms with Gasteiger partial charge in [-0.25, -0.2) is 0 Å². The lowest BCUT2D eigenvalue weighted by molar-refractivity contribution is 1.50. The summed E-state index contributed by atoms with van der Waals surface area (Å²) in [5.74, 6) is 0. The van der Waals surface area contributed by atoms with Gasteiger partial charge < -0.3 is 0 Å². The molecule has 78 valence electrons. The number of rotatable bonds is 2. The zero-order valence-corrected chi connectivity index (χ0v) is 8.80. The van der Waals surface area contributed by atoms with Gasteiger partial charge in [0.15, 0.2) is 0 Å². The van der Waals surface area contributed by atoms with Crippen molar-refractivity contribution in [2.24, 2.45) is 0 Å². The Morgan fingerprint density at radius 2 is 1.71 bits per heavy atom. The number of hydrogen-bond donors (Lipinski definition) is 0. The summed E-state index contributed by atoms with van der Waals surface area (Å²) in [7, 11) is 0. The fraction of sp³-hybridized carbons (Fsp3) is 0.286. The molecule has 1 aromatic carbocycles. The Labute approximate surface area is 89.0 Å². The van der Waals surface area contributed by atoms with Crippen LogP contribution in [0.1, 0.15) is 39.3 Å². The smallest absolute Gasteiger partial charge is 0.0161 e. The van der Waals surface area contributed by atoms with Crippen LogP contribution in [0, 0.1) is 0 Å². The minimum atomic E-state index is 0. The third-order valence-corrected chi connectivity index (χ3v) is 1.64. The highest BCUT2D eigenvalue weighted by Crippen LogP contribution is 2.17. The average Bonchev–Trinajstić information content (AvgIpc) is 2.20. The van der Waals surface area contributed by atoms with Gasteiger partial charge in [0.1, 0.15) is 0 Å². The van der Waals surface area contributed by atoms with E-state index in [0.717, 1.165) is 11.1 Å². The Hall–Kier alpha value is -1.30. The molecule has 1 rings (SSSR count). The number of benzene rings is 1. The standard InChI is InChI=1S/C11H12.C2H6.CH4/c1-4-10-7-5-6-8-11(10)9(2)3;1-2;/h4-8H,1-2H2,3H3;1-2H3;1H4. The van der Waals surface area contributed by atoms with Crippen molar-refractivity contribution in [3.05, 3.63) is 48.6 Å². The molecule has 0 unspecified atom stereocenters. The molecule has 1 aromatic rings. The summed E-state index contributed by atoms with van der Waals surface area (Å²) >= 11 is 0. The van der Waals surface area contributed by atoms with Crippen LogP contribution in [0.15, 0.2) is 37.4 Å². The molecule has 0 aliphatic rings. The molecule has 0 heterocycles. The van der Waals surface area contributed by atoms with Crippen molar-refractivity contribution in [1.82, 2.24) is 0 Å². The summed E-state index contributed by atoms with van der Waals surface area (Å²) in [6.07, 6.45) is 1.85. The Bertz CT molecular complexity index is 282.